The van der Waals surface area contributed by atoms with Gasteiger partial charge in [0.1, 0.15) is 0 Å². The van der Waals surface area contributed by atoms with Crippen LogP contribution >= 0.6 is 11.6 Å². The van der Waals surface area contributed by atoms with Crippen LogP contribution in [0, 0.1) is 0 Å². The molecule has 0 saturated carbocycles. The maximum absolute atomic E-state index is 5.89. The van der Waals surface area contributed by atoms with Crippen molar-refractivity contribution in [3.8, 4) is 0 Å². The second kappa shape index (κ2) is 3.67. The predicted molar refractivity (Wildman–Crippen MR) is 45.8 cm³/mol. The molecule has 0 radical (unpaired) electrons. The fraction of sp³-hybridized carbons (Fsp3) is 0.500. The molecule has 0 N–H and O–H groups in total. The molecule has 2 nitrogen and oxygen atoms in total. The summed E-state index contributed by atoms with van der Waals surface area (Å²) in [6, 6.07) is 3.81. The van der Waals surface area contributed by atoms with Gasteiger partial charge in [-0.05, 0) is 19.1 Å². The van der Waals surface area contributed by atoms with Gasteiger partial charge in [-0.2, -0.15) is 10.2 Å². The summed E-state index contributed by atoms with van der Waals surface area (Å²) in [4.78, 5) is 0. The summed E-state index contributed by atoms with van der Waals surface area (Å²) in [6.07, 6.45) is 1.66. The number of aromatic nitrogens is 2. The molecule has 11 heavy (non-hydrogen) atoms. The van der Waals surface area contributed by atoms with E-state index in [0.717, 1.165) is 5.69 Å². The van der Waals surface area contributed by atoms with Crippen LogP contribution in [0.25, 0.3) is 0 Å². The Kier molecular flexibility index (Phi) is 2.83. The van der Waals surface area contributed by atoms with Crippen LogP contribution in [0.1, 0.15) is 25.5 Å². The predicted octanol–water partition coefficient (Wildman–Crippen LogP) is 2.21. The van der Waals surface area contributed by atoms with Crippen LogP contribution in [-0.4, -0.2) is 15.6 Å². The first kappa shape index (κ1) is 8.47. The van der Waals surface area contributed by atoms with Crippen molar-refractivity contribution in [2.24, 2.45) is 0 Å². The van der Waals surface area contributed by atoms with Gasteiger partial charge in [-0.15, -0.1) is 11.6 Å². The molecule has 2 atom stereocenters. The zero-order chi connectivity index (χ0) is 8.27. The van der Waals surface area contributed by atoms with Gasteiger partial charge in [0, 0.05) is 17.5 Å². The van der Waals surface area contributed by atoms with E-state index >= 15 is 0 Å². The highest BCUT2D eigenvalue weighted by Crippen LogP contribution is 2.19. The molecule has 0 bridgehead atoms. The molecular formula is C8H11ClN2. The first-order valence-electron chi connectivity index (χ1n) is 3.63. The quantitative estimate of drug-likeness (QED) is 0.636. The topological polar surface area (TPSA) is 25.8 Å². The van der Waals surface area contributed by atoms with E-state index in [0.29, 0.717) is 0 Å². The number of rotatable bonds is 2. The molecule has 0 aliphatic rings. The second-order valence-electron chi connectivity index (χ2n) is 2.61. The lowest BCUT2D eigenvalue weighted by molar-refractivity contribution is 0.698. The molecule has 0 aliphatic heterocycles. The zero-order valence-electron chi connectivity index (χ0n) is 6.66. The van der Waals surface area contributed by atoms with Gasteiger partial charge in [-0.1, -0.05) is 6.92 Å². The van der Waals surface area contributed by atoms with Crippen molar-refractivity contribution in [2.45, 2.75) is 25.1 Å². The third-order valence-corrected chi connectivity index (χ3v) is 2.13. The maximum Gasteiger partial charge on any atom is 0.0673 e. The minimum atomic E-state index is 0.103. The first-order valence-corrected chi connectivity index (χ1v) is 4.07. The molecule has 0 fully saturated rings. The molecule has 1 rings (SSSR count). The third-order valence-electron chi connectivity index (χ3n) is 1.75. The molecule has 0 amide bonds. The van der Waals surface area contributed by atoms with Crippen LogP contribution in [0.5, 0.6) is 0 Å². The molecule has 0 spiro atoms. The van der Waals surface area contributed by atoms with Crippen LogP contribution in [0.4, 0.5) is 0 Å². The zero-order valence-corrected chi connectivity index (χ0v) is 7.42. The van der Waals surface area contributed by atoms with E-state index in [1.807, 2.05) is 26.0 Å². The highest BCUT2D eigenvalue weighted by Gasteiger charge is 2.12. The van der Waals surface area contributed by atoms with E-state index in [1.54, 1.807) is 6.20 Å². The molecule has 0 aliphatic carbocycles. The Morgan fingerprint density at radius 2 is 2.18 bits per heavy atom. The lowest BCUT2D eigenvalue weighted by atomic mass is 10.1. The molecular weight excluding hydrogens is 160 g/mol. The highest BCUT2D eigenvalue weighted by molar-refractivity contribution is 6.20. The fourth-order valence-corrected chi connectivity index (χ4v) is 0.921. The van der Waals surface area contributed by atoms with E-state index < -0.39 is 0 Å². The van der Waals surface area contributed by atoms with Crippen molar-refractivity contribution in [2.75, 3.05) is 0 Å². The average Bonchev–Trinajstić information content (AvgIpc) is 2.05. The number of halogens is 1. The van der Waals surface area contributed by atoms with Gasteiger partial charge in [0.05, 0.1) is 5.69 Å². The molecule has 1 heterocycles. The number of alkyl halides is 1. The van der Waals surface area contributed by atoms with Crippen LogP contribution in [0.2, 0.25) is 0 Å². The Morgan fingerprint density at radius 1 is 1.45 bits per heavy atom. The lowest BCUT2D eigenvalue weighted by Crippen LogP contribution is -2.07. The van der Waals surface area contributed by atoms with E-state index in [2.05, 4.69) is 10.2 Å². The van der Waals surface area contributed by atoms with Gasteiger partial charge in [0.2, 0.25) is 0 Å². The smallest absolute Gasteiger partial charge is 0.0673 e. The maximum atomic E-state index is 5.89. The first-order chi connectivity index (χ1) is 5.22. The molecule has 0 aromatic carbocycles. The van der Waals surface area contributed by atoms with E-state index in [4.69, 9.17) is 11.6 Å². The van der Waals surface area contributed by atoms with Crippen LogP contribution in [0.3, 0.4) is 0 Å². The van der Waals surface area contributed by atoms with Crippen molar-refractivity contribution < 1.29 is 0 Å². The van der Waals surface area contributed by atoms with Crippen LogP contribution in [-0.2, 0) is 0 Å². The molecule has 60 valence electrons. The van der Waals surface area contributed by atoms with Gasteiger partial charge in [0.15, 0.2) is 0 Å². The SMILES string of the molecule is CC(Cl)C(C)c1cccnn1. The summed E-state index contributed by atoms with van der Waals surface area (Å²) in [6.45, 7) is 4.00. The highest BCUT2D eigenvalue weighted by atomic mass is 35.5. The van der Waals surface area contributed by atoms with Crippen LogP contribution in [0.15, 0.2) is 18.3 Å². The standard InChI is InChI=1S/C8H11ClN2/c1-6(7(2)9)8-4-3-5-10-11-8/h3-7H,1-2H3. The van der Waals surface area contributed by atoms with Gasteiger partial charge in [0.25, 0.3) is 0 Å². The van der Waals surface area contributed by atoms with Crippen molar-refractivity contribution >= 4 is 11.6 Å². The second-order valence-corrected chi connectivity index (χ2v) is 3.30. The normalized spacial score (nSPS) is 15.9. The fourth-order valence-electron chi connectivity index (χ4n) is 0.792. The number of nitrogens with zero attached hydrogens (tertiary/aromatic N) is 2. The summed E-state index contributed by atoms with van der Waals surface area (Å²) < 4.78 is 0. The van der Waals surface area contributed by atoms with E-state index in [9.17, 15) is 0 Å². The molecule has 2 unspecified atom stereocenters. The molecule has 0 saturated heterocycles. The average molecular weight is 171 g/mol. The Bertz CT molecular complexity index is 211. The van der Waals surface area contributed by atoms with E-state index in [-0.39, 0.29) is 11.3 Å². The summed E-state index contributed by atoms with van der Waals surface area (Å²) in [7, 11) is 0. The summed E-state index contributed by atoms with van der Waals surface area (Å²) in [5.41, 5.74) is 0.954. The minimum absolute atomic E-state index is 0.103. The number of hydrogen-bond acceptors (Lipinski definition) is 2. The van der Waals surface area contributed by atoms with Gasteiger partial charge in [-0.3, -0.25) is 0 Å². The lowest BCUT2D eigenvalue weighted by Gasteiger charge is -2.11. The van der Waals surface area contributed by atoms with Crippen molar-refractivity contribution in [3.63, 3.8) is 0 Å². The monoisotopic (exact) mass is 170 g/mol. The summed E-state index contributed by atoms with van der Waals surface area (Å²) in [5.74, 6) is 0.269. The molecule has 1 aromatic heterocycles. The molecule has 1 aromatic rings. The van der Waals surface area contributed by atoms with Gasteiger partial charge < -0.3 is 0 Å². The van der Waals surface area contributed by atoms with Crippen molar-refractivity contribution in [3.05, 3.63) is 24.0 Å². The largest absolute Gasteiger partial charge is 0.159 e. The Hall–Kier alpha value is -0.630. The van der Waals surface area contributed by atoms with Gasteiger partial charge in [-0.25, -0.2) is 0 Å². The number of hydrogen-bond donors (Lipinski definition) is 0. The summed E-state index contributed by atoms with van der Waals surface area (Å²) in [5, 5.41) is 7.85. The molecule has 3 heteroatoms. The Morgan fingerprint density at radius 3 is 2.64 bits per heavy atom. The summed E-state index contributed by atoms with van der Waals surface area (Å²) >= 11 is 5.89. The minimum Gasteiger partial charge on any atom is -0.159 e. The van der Waals surface area contributed by atoms with Crippen molar-refractivity contribution in [1.82, 2.24) is 10.2 Å². The Balaban J connectivity index is 2.77. The van der Waals surface area contributed by atoms with Crippen LogP contribution < -0.4 is 0 Å². The van der Waals surface area contributed by atoms with Gasteiger partial charge >= 0.3 is 0 Å². The van der Waals surface area contributed by atoms with E-state index in [1.165, 1.54) is 0 Å². The van der Waals surface area contributed by atoms with Crippen molar-refractivity contribution in [1.29, 1.82) is 0 Å². The third kappa shape index (κ3) is 2.15. The Labute approximate surface area is 71.6 Å².